The Kier molecular flexibility index (Phi) is 7.58. The van der Waals surface area contributed by atoms with Gasteiger partial charge in [0.05, 0.1) is 13.2 Å². The van der Waals surface area contributed by atoms with Crippen LogP contribution in [0.2, 0.25) is 0 Å². The molecule has 0 aliphatic carbocycles. The van der Waals surface area contributed by atoms with Crippen molar-refractivity contribution in [2.75, 3.05) is 13.2 Å². The summed E-state index contributed by atoms with van der Waals surface area (Å²) in [5.74, 6) is -0.905. The lowest BCUT2D eigenvalue weighted by molar-refractivity contribution is -0.287. The molecule has 27 heavy (non-hydrogen) atoms. The maximum Gasteiger partial charge on any atom is 0.218 e. The van der Waals surface area contributed by atoms with E-state index in [0.29, 0.717) is 19.6 Å². The minimum atomic E-state index is -0.905. The van der Waals surface area contributed by atoms with Crippen molar-refractivity contribution in [2.45, 2.75) is 39.4 Å². The molecular weight excluding hydrogens is 332 g/mol. The number of allylic oxidation sites excluding steroid dienone is 7. The van der Waals surface area contributed by atoms with Gasteiger partial charge in [0.1, 0.15) is 0 Å². The maximum atomic E-state index is 6.35. The van der Waals surface area contributed by atoms with E-state index < -0.39 is 5.79 Å². The summed E-state index contributed by atoms with van der Waals surface area (Å²) in [4.78, 5) is 0. The van der Waals surface area contributed by atoms with Gasteiger partial charge in [0.2, 0.25) is 5.79 Å². The van der Waals surface area contributed by atoms with E-state index in [1.807, 2.05) is 42.5 Å². The Balaban J connectivity index is 2.33. The van der Waals surface area contributed by atoms with Gasteiger partial charge in [-0.1, -0.05) is 101 Å². The van der Waals surface area contributed by atoms with Crippen molar-refractivity contribution in [1.82, 2.24) is 0 Å². The number of hydrogen-bond donors (Lipinski definition) is 0. The molecule has 1 saturated heterocycles. The standard InChI is InChI=1S/C25H32O2/c1-6-8-11-15-22(14-9-7-2)18-21(3)25(23-16-12-10-13-17-23)26-19-24(4,5)20-27-25/h6,8-17H,1,3,7,18-20H2,2,4-5H3/b11-8-,14-9-,22-15-. The Morgan fingerprint density at radius 3 is 2.37 bits per heavy atom. The van der Waals surface area contributed by atoms with Gasteiger partial charge in [-0.2, -0.15) is 0 Å². The number of ether oxygens (including phenoxy) is 2. The largest absolute Gasteiger partial charge is 0.342 e. The summed E-state index contributed by atoms with van der Waals surface area (Å²) < 4.78 is 12.7. The van der Waals surface area contributed by atoms with E-state index >= 15 is 0 Å². The first-order valence-electron chi connectivity index (χ1n) is 9.60. The van der Waals surface area contributed by atoms with Crippen molar-refractivity contribution in [3.05, 3.63) is 96.7 Å². The smallest absolute Gasteiger partial charge is 0.218 e. The Morgan fingerprint density at radius 1 is 1.11 bits per heavy atom. The molecule has 1 aromatic rings. The van der Waals surface area contributed by atoms with Crippen molar-refractivity contribution in [1.29, 1.82) is 0 Å². The zero-order valence-corrected chi connectivity index (χ0v) is 16.9. The van der Waals surface area contributed by atoms with E-state index in [1.165, 1.54) is 0 Å². The first kappa shape index (κ1) is 21.1. The molecule has 1 aliphatic heterocycles. The third-order valence-corrected chi connectivity index (χ3v) is 4.49. The van der Waals surface area contributed by atoms with Crippen molar-refractivity contribution in [3.63, 3.8) is 0 Å². The summed E-state index contributed by atoms with van der Waals surface area (Å²) >= 11 is 0. The van der Waals surface area contributed by atoms with Crippen molar-refractivity contribution >= 4 is 0 Å². The van der Waals surface area contributed by atoms with Gasteiger partial charge < -0.3 is 9.47 Å². The van der Waals surface area contributed by atoms with Gasteiger partial charge in [-0.3, -0.25) is 0 Å². The summed E-state index contributed by atoms with van der Waals surface area (Å²) in [7, 11) is 0. The third kappa shape index (κ3) is 5.66. The molecule has 0 spiro atoms. The molecule has 2 heteroatoms. The summed E-state index contributed by atoms with van der Waals surface area (Å²) in [5.41, 5.74) is 3.05. The van der Waals surface area contributed by atoms with E-state index in [2.05, 4.69) is 52.2 Å². The molecule has 0 atom stereocenters. The second-order valence-electron chi connectivity index (χ2n) is 7.68. The molecule has 144 valence electrons. The van der Waals surface area contributed by atoms with Crippen LogP contribution in [0.15, 0.2) is 91.1 Å². The maximum absolute atomic E-state index is 6.35. The Hall–Kier alpha value is -2.16. The molecular formula is C25H32O2. The van der Waals surface area contributed by atoms with Crippen molar-refractivity contribution in [3.8, 4) is 0 Å². The molecule has 2 rings (SSSR count). The molecule has 1 heterocycles. The highest BCUT2D eigenvalue weighted by Crippen LogP contribution is 2.43. The van der Waals surface area contributed by atoms with Crippen LogP contribution >= 0.6 is 0 Å². The van der Waals surface area contributed by atoms with E-state index in [-0.39, 0.29) is 5.41 Å². The van der Waals surface area contributed by atoms with E-state index in [1.54, 1.807) is 6.08 Å². The molecule has 2 nitrogen and oxygen atoms in total. The summed E-state index contributed by atoms with van der Waals surface area (Å²) in [6.45, 7) is 15.8. The van der Waals surface area contributed by atoms with Gasteiger partial charge in [-0.15, -0.1) is 0 Å². The molecule has 0 unspecified atom stereocenters. The molecule has 0 N–H and O–H groups in total. The van der Waals surface area contributed by atoms with Gasteiger partial charge in [0.25, 0.3) is 0 Å². The fraction of sp³-hybridized carbons (Fsp3) is 0.360. The molecule has 1 aromatic carbocycles. The minimum absolute atomic E-state index is 0.00790. The zero-order valence-electron chi connectivity index (χ0n) is 16.9. The lowest BCUT2D eigenvalue weighted by Crippen LogP contribution is -2.46. The highest BCUT2D eigenvalue weighted by Gasteiger charge is 2.44. The van der Waals surface area contributed by atoms with Crippen LogP contribution in [0.3, 0.4) is 0 Å². The van der Waals surface area contributed by atoms with Gasteiger partial charge >= 0.3 is 0 Å². The van der Waals surface area contributed by atoms with Gasteiger partial charge in [0.15, 0.2) is 0 Å². The van der Waals surface area contributed by atoms with Crippen LogP contribution in [0, 0.1) is 5.41 Å². The highest BCUT2D eigenvalue weighted by molar-refractivity contribution is 5.36. The van der Waals surface area contributed by atoms with Crippen LogP contribution in [0.5, 0.6) is 0 Å². The summed E-state index contributed by atoms with van der Waals surface area (Å²) in [6, 6.07) is 10.1. The topological polar surface area (TPSA) is 18.5 Å². The lowest BCUT2D eigenvalue weighted by Gasteiger charge is -2.45. The van der Waals surface area contributed by atoms with Crippen LogP contribution in [0.25, 0.3) is 0 Å². The van der Waals surface area contributed by atoms with Crippen LogP contribution in [-0.4, -0.2) is 13.2 Å². The quantitative estimate of drug-likeness (QED) is 0.387. The number of hydrogen-bond acceptors (Lipinski definition) is 2. The molecule has 0 radical (unpaired) electrons. The fourth-order valence-corrected chi connectivity index (χ4v) is 2.97. The SMILES string of the molecule is C=C\C=C/C=C(/C=C\CC)CC(=C)C1(c2ccccc2)OCC(C)(C)CO1. The zero-order chi connectivity index (χ0) is 19.8. The van der Waals surface area contributed by atoms with Crippen LogP contribution < -0.4 is 0 Å². The number of benzene rings is 1. The Labute approximate surface area is 164 Å². The van der Waals surface area contributed by atoms with Gasteiger partial charge in [-0.05, 0) is 24.0 Å². The second kappa shape index (κ2) is 9.68. The molecule has 0 aromatic heterocycles. The minimum Gasteiger partial charge on any atom is -0.342 e. The third-order valence-electron chi connectivity index (χ3n) is 4.49. The average Bonchev–Trinajstić information content (AvgIpc) is 2.67. The molecule has 1 fully saturated rings. The first-order chi connectivity index (χ1) is 12.9. The van der Waals surface area contributed by atoms with Crippen LogP contribution in [-0.2, 0) is 15.3 Å². The van der Waals surface area contributed by atoms with E-state index in [4.69, 9.17) is 9.47 Å². The Morgan fingerprint density at radius 2 is 1.78 bits per heavy atom. The summed E-state index contributed by atoms with van der Waals surface area (Å²) in [5, 5.41) is 0. The summed E-state index contributed by atoms with van der Waals surface area (Å²) in [6.07, 6.45) is 13.7. The van der Waals surface area contributed by atoms with Crippen LogP contribution in [0.4, 0.5) is 0 Å². The fourth-order valence-electron chi connectivity index (χ4n) is 2.97. The van der Waals surface area contributed by atoms with Gasteiger partial charge in [0, 0.05) is 11.0 Å². The average molecular weight is 365 g/mol. The molecule has 1 aliphatic rings. The predicted octanol–water partition coefficient (Wildman–Crippen LogP) is 6.49. The van der Waals surface area contributed by atoms with E-state index in [9.17, 15) is 0 Å². The second-order valence-corrected chi connectivity index (χ2v) is 7.68. The predicted molar refractivity (Wildman–Crippen MR) is 114 cm³/mol. The first-order valence-corrected chi connectivity index (χ1v) is 9.60. The van der Waals surface area contributed by atoms with E-state index in [0.717, 1.165) is 23.1 Å². The van der Waals surface area contributed by atoms with Crippen molar-refractivity contribution in [2.24, 2.45) is 5.41 Å². The molecule has 0 saturated carbocycles. The Bertz CT molecular complexity index is 710. The number of rotatable bonds is 8. The highest BCUT2D eigenvalue weighted by atomic mass is 16.7. The van der Waals surface area contributed by atoms with Gasteiger partial charge in [-0.25, -0.2) is 0 Å². The molecule has 0 bridgehead atoms. The monoisotopic (exact) mass is 364 g/mol. The normalized spacial score (nSPS) is 19.4. The van der Waals surface area contributed by atoms with Crippen molar-refractivity contribution < 1.29 is 9.47 Å². The lowest BCUT2D eigenvalue weighted by atomic mass is 9.88. The molecule has 0 amide bonds. The van der Waals surface area contributed by atoms with Crippen LogP contribution in [0.1, 0.15) is 39.2 Å².